The SMILES string of the molecule is COc1c(Oc2ccc(C(F)(F)F)c(F)c2C(=O)Cl)ccc(OC(F)(F)F)c1F. The Kier molecular flexibility index (Phi) is 6.16. The second-order valence-corrected chi connectivity index (χ2v) is 5.47. The number of alkyl halides is 6. The van der Waals surface area contributed by atoms with E-state index in [9.17, 15) is 39.9 Å². The third kappa shape index (κ3) is 5.00. The molecule has 0 N–H and O–H groups in total. The highest BCUT2D eigenvalue weighted by atomic mass is 35.5. The van der Waals surface area contributed by atoms with Crippen LogP contribution in [-0.2, 0) is 6.18 Å². The lowest BCUT2D eigenvalue weighted by Crippen LogP contribution is -2.18. The lowest BCUT2D eigenvalue weighted by atomic mass is 10.1. The predicted molar refractivity (Wildman–Crippen MR) is 81.3 cm³/mol. The molecule has 0 bridgehead atoms. The Morgan fingerprint density at radius 1 is 0.897 bits per heavy atom. The van der Waals surface area contributed by atoms with Crippen LogP contribution in [0.5, 0.6) is 23.0 Å². The van der Waals surface area contributed by atoms with E-state index in [-0.39, 0.29) is 6.07 Å². The highest BCUT2D eigenvalue weighted by molar-refractivity contribution is 6.68. The number of carbonyl (C=O) groups is 1. The number of rotatable bonds is 5. The molecule has 29 heavy (non-hydrogen) atoms. The molecule has 0 aliphatic heterocycles. The average Bonchev–Trinajstić information content (AvgIpc) is 2.55. The van der Waals surface area contributed by atoms with E-state index < -0.39 is 63.5 Å². The summed E-state index contributed by atoms with van der Waals surface area (Å²) in [6.07, 6.45) is -10.4. The Hall–Kier alpha value is -2.76. The number of halogens is 9. The van der Waals surface area contributed by atoms with E-state index >= 15 is 0 Å². The fraction of sp³-hybridized carbons (Fsp3) is 0.188. The molecule has 158 valence electrons. The molecule has 2 rings (SSSR count). The van der Waals surface area contributed by atoms with Crippen molar-refractivity contribution in [3.8, 4) is 23.0 Å². The quantitative estimate of drug-likeness (QED) is 0.410. The maximum absolute atomic E-state index is 14.2. The molecule has 0 unspecified atom stereocenters. The van der Waals surface area contributed by atoms with Gasteiger partial charge in [0.2, 0.25) is 11.6 Å². The van der Waals surface area contributed by atoms with Gasteiger partial charge in [0.15, 0.2) is 17.3 Å². The van der Waals surface area contributed by atoms with Gasteiger partial charge in [-0.3, -0.25) is 4.79 Å². The van der Waals surface area contributed by atoms with Crippen LogP contribution in [0.4, 0.5) is 35.1 Å². The minimum Gasteiger partial charge on any atom is -0.490 e. The summed E-state index contributed by atoms with van der Waals surface area (Å²) in [5.41, 5.74) is -3.14. The zero-order valence-corrected chi connectivity index (χ0v) is 14.6. The number of ether oxygens (including phenoxy) is 3. The minimum atomic E-state index is -5.23. The summed E-state index contributed by atoms with van der Waals surface area (Å²) in [6, 6.07) is 1.93. The van der Waals surface area contributed by atoms with Gasteiger partial charge in [-0.1, -0.05) is 0 Å². The summed E-state index contributed by atoms with van der Waals surface area (Å²) in [4.78, 5) is 11.4. The lowest BCUT2D eigenvalue weighted by molar-refractivity contribution is -0.275. The molecule has 0 saturated carbocycles. The smallest absolute Gasteiger partial charge is 0.490 e. The van der Waals surface area contributed by atoms with Gasteiger partial charge in [0.05, 0.1) is 12.7 Å². The number of hydrogen-bond acceptors (Lipinski definition) is 4. The second-order valence-electron chi connectivity index (χ2n) is 5.13. The molecule has 0 spiro atoms. The molecule has 13 heteroatoms. The van der Waals surface area contributed by atoms with Crippen molar-refractivity contribution < 1.29 is 54.1 Å². The Balaban J connectivity index is 2.55. The van der Waals surface area contributed by atoms with Crippen LogP contribution in [-0.4, -0.2) is 18.7 Å². The van der Waals surface area contributed by atoms with Crippen LogP contribution in [0.1, 0.15) is 15.9 Å². The van der Waals surface area contributed by atoms with Crippen LogP contribution in [0.25, 0.3) is 0 Å². The Bertz CT molecular complexity index is 940. The Labute approximate surface area is 161 Å². The van der Waals surface area contributed by atoms with Crippen molar-refractivity contribution in [2.75, 3.05) is 7.11 Å². The molecule has 0 amide bonds. The van der Waals surface area contributed by atoms with Gasteiger partial charge in [0, 0.05) is 0 Å². The fourth-order valence-corrected chi connectivity index (χ4v) is 2.33. The standard InChI is InChI=1S/C16H7ClF8O4/c1-27-13-9(5-4-8(12(13)19)29-16(23,24)25)28-7-3-2-6(15(20,21)22)11(18)10(7)14(17)26/h2-5H,1H3. The minimum absolute atomic E-state index is 0.234. The topological polar surface area (TPSA) is 44.8 Å². The van der Waals surface area contributed by atoms with Crippen molar-refractivity contribution in [3.05, 3.63) is 47.0 Å². The van der Waals surface area contributed by atoms with Crippen molar-refractivity contribution in [1.82, 2.24) is 0 Å². The molecule has 2 aromatic carbocycles. The van der Waals surface area contributed by atoms with Crippen molar-refractivity contribution in [1.29, 1.82) is 0 Å². The lowest BCUT2D eigenvalue weighted by Gasteiger charge is -2.17. The van der Waals surface area contributed by atoms with E-state index in [1.807, 2.05) is 0 Å². The zero-order chi connectivity index (χ0) is 22.1. The summed E-state index contributed by atoms with van der Waals surface area (Å²) in [7, 11) is 0.837. The molecule has 0 aliphatic rings. The van der Waals surface area contributed by atoms with E-state index in [1.165, 1.54) is 0 Å². The molecule has 0 aromatic heterocycles. The van der Waals surface area contributed by atoms with E-state index in [0.717, 1.165) is 7.11 Å². The number of benzene rings is 2. The van der Waals surface area contributed by atoms with Gasteiger partial charge in [-0.05, 0) is 35.9 Å². The number of carbonyl (C=O) groups excluding carboxylic acids is 1. The molecule has 0 aliphatic carbocycles. The number of hydrogen-bond donors (Lipinski definition) is 0. The zero-order valence-electron chi connectivity index (χ0n) is 13.8. The van der Waals surface area contributed by atoms with Gasteiger partial charge in [0.25, 0.3) is 5.24 Å². The van der Waals surface area contributed by atoms with Crippen LogP contribution in [0.15, 0.2) is 24.3 Å². The van der Waals surface area contributed by atoms with E-state index in [2.05, 4.69) is 9.47 Å². The van der Waals surface area contributed by atoms with Gasteiger partial charge in [0.1, 0.15) is 11.3 Å². The molecular formula is C16H7ClF8O4. The van der Waals surface area contributed by atoms with E-state index in [0.29, 0.717) is 18.2 Å². The third-order valence-corrected chi connectivity index (χ3v) is 3.47. The van der Waals surface area contributed by atoms with Gasteiger partial charge in [-0.2, -0.15) is 17.6 Å². The largest absolute Gasteiger partial charge is 0.573 e. The van der Waals surface area contributed by atoms with Crippen LogP contribution in [0.2, 0.25) is 0 Å². The summed E-state index contributed by atoms with van der Waals surface area (Å²) in [5, 5.41) is -1.67. The van der Waals surface area contributed by atoms with Crippen molar-refractivity contribution >= 4 is 16.8 Å². The first-order valence-corrected chi connectivity index (χ1v) is 7.53. The molecular weight excluding hydrogens is 444 g/mol. The molecule has 0 heterocycles. The highest BCUT2D eigenvalue weighted by Gasteiger charge is 2.37. The normalized spacial score (nSPS) is 11.9. The second kappa shape index (κ2) is 7.93. The van der Waals surface area contributed by atoms with Crippen LogP contribution in [0.3, 0.4) is 0 Å². The fourth-order valence-electron chi connectivity index (χ4n) is 2.16. The summed E-state index contributed by atoms with van der Waals surface area (Å²) in [6.45, 7) is 0. The van der Waals surface area contributed by atoms with Crippen LogP contribution < -0.4 is 14.2 Å². The van der Waals surface area contributed by atoms with Crippen LogP contribution >= 0.6 is 11.6 Å². The molecule has 4 nitrogen and oxygen atoms in total. The average molecular weight is 451 g/mol. The van der Waals surface area contributed by atoms with Gasteiger partial charge < -0.3 is 14.2 Å². The first-order valence-electron chi connectivity index (χ1n) is 7.16. The van der Waals surface area contributed by atoms with E-state index in [1.54, 1.807) is 0 Å². The molecule has 0 saturated heterocycles. The molecule has 0 atom stereocenters. The maximum Gasteiger partial charge on any atom is 0.573 e. The monoisotopic (exact) mass is 450 g/mol. The Morgan fingerprint density at radius 2 is 1.45 bits per heavy atom. The summed E-state index contributed by atoms with van der Waals surface area (Å²) >= 11 is 5.13. The molecule has 2 aromatic rings. The van der Waals surface area contributed by atoms with E-state index in [4.69, 9.17) is 16.3 Å². The maximum atomic E-state index is 14.2. The summed E-state index contributed by atoms with van der Waals surface area (Å²) in [5.74, 6) is -7.54. The van der Waals surface area contributed by atoms with Crippen LogP contribution in [0, 0.1) is 11.6 Å². The first-order chi connectivity index (χ1) is 13.3. The van der Waals surface area contributed by atoms with Crippen molar-refractivity contribution in [2.24, 2.45) is 0 Å². The summed E-state index contributed by atoms with van der Waals surface area (Å²) < 4.78 is 117. The first kappa shape index (κ1) is 22.5. The van der Waals surface area contributed by atoms with Crippen molar-refractivity contribution in [3.63, 3.8) is 0 Å². The van der Waals surface area contributed by atoms with Crippen molar-refractivity contribution in [2.45, 2.75) is 12.5 Å². The number of methoxy groups -OCH3 is 1. The third-order valence-electron chi connectivity index (χ3n) is 3.28. The Morgan fingerprint density at radius 3 is 1.93 bits per heavy atom. The van der Waals surface area contributed by atoms with Gasteiger partial charge >= 0.3 is 12.5 Å². The highest BCUT2D eigenvalue weighted by Crippen LogP contribution is 2.42. The van der Waals surface area contributed by atoms with Gasteiger partial charge in [-0.25, -0.2) is 4.39 Å². The van der Waals surface area contributed by atoms with Gasteiger partial charge in [-0.15, -0.1) is 13.2 Å². The predicted octanol–water partition coefficient (Wildman–Crippen LogP) is 6.06. The molecule has 0 fully saturated rings. The molecule has 0 radical (unpaired) electrons.